The minimum atomic E-state index is 0.632. The Hall–Kier alpha value is -0.0100. The van der Waals surface area contributed by atoms with Crippen molar-refractivity contribution in [2.75, 3.05) is 5.33 Å². The molecule has 2 heteroatoms. The largest absolute Gasteiger partial charge is 0.0921 e. The van der Waals surface area contributed by atoms with Crippen molar-refractivity contribution >= 4 is 27.5 Å². The number of unbranched alkanes of at least 4 members (excludes halogenated alkanes) is 7. The number of alkyl halides is 1. The topological polar surface area (TPSA) is 0 Å². The van der Waals surface area contributed by atoms with Crippen LogP contribution in [0, 0.1) is 0 Å². The molecule has 0 aliphatic rings. The lowest BCUT2D eigenvalue weighted by Gasteiger charge is -2.14. The zero-order valence-corrected chi connectivity index (χ0v) is 15.1. The van der Waals surface area contributed by atoms with E-state index in [1.807, 2.05) is 12.1 Å². The molecule has 0 saturated heterocycles. The fraction of sp³-hybridized carbons (Fsp3) is 0.667. The van der Waals surface area contributed by atoms with Gasteiger partial charge >= 0.3 is 0 Å². The molecular weight excluding hydrogens is 332 g/mol. The van der Waals surface area contributed by atoms with Gasteiger partial charge in [0.25, 0.3) is 0 Å². The quantitative estimate of drug-likeness (QED) is 0.286. The zero-order valence-electron chi connectivity index (χ0n) is 12.7. The molecule has 0 amide bonds. The highest BCUT2D eigenvalue weighted by atomic mass is 79.9. The molecule has 1 aromatic carbocycles. The summed E-state index contributed by atoms with van der Waals surface area (Å²) in [6, 6.07) is 8.33. The molecule has 114 valence electrons. The van der Waals surface area contributed by atoms with Gasteiger partial charge in [-0.25, -0.2) is 0 Å². The van der Waals surface area contributed by atoms with Crippen molar-refractivity contribution in [2.24, 2.45) is 0 Å². The van der Waals surface area contributed by atoms with Crippen LogP contribution in [0.5, 0.6) is 0 Å². The summed E-state index contributed by atoms with van der Waals surface area (Å²) in [5.74, 6) is 0.632. The van der Waals surface area contributed by atoms with Gasteiger partial charge in [0.05, 0.1) is 0 Å². The monoisotopic (exact) mass is 358 g/mol. The van der Waals surface area contributed by atoms with Gasteiger partial charge in [-0.1, -0.05) is 98.0 Å². The van der Waals surface area contributed by atoms with Crippen LogP contribution in [0.4, 0.5) is 0 Å². The molecule has 0 aliphatic heterocycles. The second-order valence-electron chi connectivity index (χ2n) is 5.67. The fourth-order valence-electron chi connectivity index (χ4n) is 2.59. The summed E-state index contributed by atoms with van der Waals surface area (Å²) in [7, 11) is 0. The van der Waals surface area contributed by atoms with E-state index in [2.05, 4.69) is 35.0 Å². The first-order valence-electron chi connectivity index (χ1n) is 8.09. The molecule has 0 saturated carbocycles. The Morgan fingerprint density at radius 2 is 1.45 bits per heavy atom. The molecular formula is C18H28BrCl. The number of benzene rings is 1. The maximum absolute atomic E-state index is 5.95. The van der Waals surface area contributed by atoms with Crippen molar-refractivity contribution in [1.29, 1.82) is 0 Å². The third-order valence-electron chi connectivity index (χ3n) is 3.93. The Kier molecular flexibility index (Phi) is 10.5. The van der Waals surface area contributed by atoms with E-state index in [1.54, 1.807) is 0 Å². The van der Waals surface area contributed by atoms with Gasteiger partial charge in [0.1, 0.15) is 0 Å². The Morgan fingerprint density at radius 3 is 2.00 bits per heavy atom. The third kappa shape index (κ3) is 7.69. The molecule has 0 aliphatic carbocycles. The molecule has 0 fully saturated rings. The van der Waals surface area contributed by atoms with Crippen molar-refractivity contribution in [2.45, 2.75) is 70.6 Å². The van der Waals surface area contributed by atoms with Crippen LogP contribution in [0.15, 0.2) is 24.3 Å². The minimum Gasteiger partial charge on any atom is -0.0921 e. The van der Waals surface area contributed by atoms with Crippen molar-refractivity contribution in [3.05, 3.63) is 34.9 Å². The summed E-state index contributed by atoms with van der Waals surface area (Å²) < 4.78 is 0. The molecule has 0 aromatic heterocycles. The van der Waals surface area contributed by atoms with E-state index < -0.39 is 0 Å². The van der Waals surface area contributed by atoms with Crippen LogP contribution in [0.3, 0.4) is 0 Å². The highest BCUT2D eigenvalue weighted by Crippen LogP contribution is 2.26. The standard InChI is InChI=1S/C18H28BrCl/c1-2-3-4-5-6-7-8-9-10-17(15-19)16-11-13-18(20)14-12-16/h11-14,17H,2-10,15H2,1H3. The van der Waals surface area contributed by atoms with Gasteiger partial charge in [-0.2, -0.15) is 0 Å². The number of hydrogen-bond donors (Lipinski definition) is 0. The van der Waals surface area contributed by atoms with Crippen LogP contribution in [0.2, 0.25) is 5.02 Å². The molecule has 1 atom stereocenters. The number of rotatable bonds is 11. The maximum Gasteiger partial charge on any atom is 0.0406 e. The Morgan fingerprint density at radius 1 is 0.900 bits per heavy atom. The lowest BCUT2D eigenvalue weighted by Crippen LogP contribution is -2.00. The number of halogens is 2. The molecule has 20 heavy (non-hydrogen) atoms. The second kappa shape index (κ2) is 11.6. The van der Waals surface area contributed by atoms with Gasteiger partial charge in [-0.3, -0.25) is 0 Å². The lowest BCUT2D eigenvalue weighted by molar-refractivity contribution is 0.546. The number of hydrogen-bond acceptors (Lipinski definition) is 0. The van der Waals surface area contributed by atoms with Gasteiger partial charge in [0.15, 0.2) is 0 Å². The highest BCUT2D eigenvalue weighted by molar-refractivity contribution is 9.09. The molecule has 0 radical (unpaired) electrons. The van der Waals surface area contributed by atoms with Crippen LogP contribution in [0.1, 0.15) is 76.2 Å². The van der Waals surface area contributed by atoms with Crippen LogP contribution in [-0.2, 0) is 0 Å². The minimum absolute atomic E-state index is 0.632. The Balaban J connectivity index is 2.14. The highest BCUT2D eigenvalue weighted by Gasteiger charge is 2.09. The molecule has 0 spiro atoms. The third-order valence-corrected chi connectivity index (χ3v) is 4.97. The Labute approximate surface area is 138 Å². The van der Waals surface area contributed by atoms with Gasteiger partial charge in [0, 0.05) is 10.4 Å². The summed E-state index contributed by atoms with van der Waals surface area (Å²) >= 11 is 9.59. The molecule has 0 heterocycles. The summed E-state index contributed by atoms with van der Waals surface area (Å²) in [4.78, 5) is 0. The van der Waals surface area contributed by atoms with Crippen molar-refractivity contribution in [3.63, 3.8) is 0 Å². The average molecular weight is 360 g/mol. The van der Waals surface area contributed by atoms with Crippen LogP contribution in [-0.4, -0.2) is 5.33 Å². The summed E-state index contributed by atoms with van der Waals surface area (Å²) in [5, 5.41) is 1.87. The smallest absolute Gasteiger partial charge is 0.0406 e. The van der Waals surface area contributed by atoms with E-state index in [0.29, 0.717) is 5.92 Å². The van der Waals surface area contributed by atoms with Gasteiger partial charge < -0.3 is 0 Å². The van der Waals surface area contributed by atoms with Crippen molar-refractivity contribution < 1.29 is 0 Å². The van der Waals surface area contributed by atoms with E-state index in [9.17, 15) is 0 Å². The summed E-state index contributed by atoms with van der Waals surface area (Å²) in [5.41, 5.74) is 1.41. The predicted octanol–water partition coefficient (Wildman–Crippen LogP) is 7.35. The van der Waals surface area contributed by atoms with Gasteiger partial charge in [-0.15, -0.1) is 0 Å². The van der Waals surface area contributed by atoms with Crippen LogP contribution in [0.25, 0.3) is 0 Å². The molecule has 0 bridgehead atoms. The molecule has 0 N–H and O–H groups in total. The predicted molar refractivity (Wildman–Crippen MR) is 95.2 cm³/mol. The lowest BCUT2D eigenvalue weighted by atomic mass is 9.94. The molecule has 1 unspecified atom stereocenters. The molecule has 1 rings (SSSR count). The van der Waals surface area contributed by atoms with E-state index >= 15 is 0 Å². The van der Waals surface area contributed by atoms with Crippen LogP contribution < -0.4 is 0 Å². The fourth-order valence-corrected chi connectivity index (χ4v) is 3.42. The normalized spacial score (nSPS) is 12.6. The van der Waals surface area contributed by atoms with E-state index in [0.717, 1.165) is 10.4 Å². The summed E-state index contributed by atoms with van der Waals surface area (Å²) in [6.07, 6.45) is 12.4. The first-order chi connectivity index (χ1) is 9.77. The van der Waals surface area contributed by atoms with Gasteiger partial charge in [0.2, 0.25) is 0 Å². The SMILES string of the molecule is CCCCCCCCCCC(CBr)c1ccc(Cl)cc1. The average Bonchev–Trinajstić information content (AvgIpc) is 2.47. The van der Waals surface area contributed by atoms with E-state index in [4.69, 9.17) is 11.6 Å². The molecule has 0 nitrogen and oxygen atoms in total. The first-order valence-corrected chi connectivity index (χ1v) is 9.59. The van der Waals surface area contributed by atoms with E-state index in [1.165, 1.54) is 63.4 Å². The zero-order chi connectivity index (χ0) is 14.6. The maximum atomic E-state index is 5.95. The first kappa shape index (κ1) is 18.0. The van der Waals surface area contributed by atoms with Crippen LogP contribution >= 0.6 is 27.5 Å². The second-order valence-corrected chi connectivity index (χ2v) is 6.75. The van der Waals surface area contributed by atoms with E-state index in [-0.39, 0.29) is 0 Å². The summed E-state index contributed by atoms with van der Waals surface area (Å²) in [6.45, 7) is 2.27. The Bertz CT molecular complexity index is 334. The van der Waals surface area contributed by atoms with Crippen molar-refractivity contribution in [3.8, 4) is 0 Å². The van der Waals surface area contributed by atoms with Gasteiger partial charge in [-0.05, 0) is 30.0 Å². The van der Waals surface area contributed by atoms with Crippen molar-refractivity contribution in [1.82, 2.24) is 0 Å². The molecule has 1 aromatic rings.